The van der Waals surface area contributed by atoms with E-state index in [2.05, 4.69) is 5.32 Å². The normalized spacial score (nSPS) is 12.1. The molecule has 0 saturated heterocycles. The molecule has 0 aliphatic carbocycles. The van der Waals surface area contributed by atoms with Gasteiger partial charge in [0.1, 0.15) is 5.69 Å². The van der Waals surface area contributed by atoms with E-state index in [0.717, 1.165) is 0 Å². The Hall–Kier alpha value is -1.13. The second kappa shape index (κ2) is 5.27. The molecule has 1 rings (SSSR count). The number of hydrazone groups is 1. The minimum absolute atomic E-state index is 0.444. The first-order valence-electron chi connectivity index (χ1n) is 4.68. The Bertz CT molecular complexity index is 395. The van der Waals surface area contributed by atoms with Crippen LogP contribution in [-0.2, 0) is 0 Å². The fourth-order valence-corrected chi connectivity index (χ4v) is 1.53. The van der Waals surface area contributed by atoms with Gasteiger partial charge in [-0.1, -0.05) is 29.3 Å². The van der Waals surface area contributed by atoms with Gasteiger partial charge in [-0.2, -0.15) is 4.68 Å². The van der Waals surface area contributed by atoms with Gasteiger partial charge in [0.15, 0.2) is 0 Å². The molecule has 0 atom stereocenters. The summed E-state index contributed by atoms with van der Waals surface area (Å²) in [6.45, 7) is 0. The van der Waals surface area contributed by atoms with Gasteiger partial charge in [-0.3, -0.25) is 10.7 Å². The van der Waals surface area contributed by atoms with E-state index in [1.165, 1.54) is 0 Å². The molecule has 0 saturated carbocycles. The number of guanidine groups is 1. The van der Waals surface area contributed by atoms with Gasteiger partial charge < -0.3 is 0 Å². The Morgan fingerprint density at radius 3 is 2.25 bits per heavy atom. The molecule has 0 amide bonds. The predicted octanol–water partition coefficient (Wildman–Crippen LogP) is 1.84. The molecule has 0 bridgehead atoms. The highest BCUT2D eigenvalue weighted by Gasteiger charge is 2.13. The summed E-state index contributed by atoms with van der Waals surface area (Å²) < 4.78 is 1.74. The Balaban J connectivity index is 3.02. The number of hydrazine groups is 1. The van der Waals surface area contributed by atoms with E-state index >= 15 is 0 Å². The lowest BCUT2D eigenvalue weighted by molar-refractivity contribution is -0.656. The van der Waals surface area contributed by atoms with Crippen molar-refractivity contribution in [2.75, 3.05) is 26.5 Å². The van der Waals surface area contributed by atoms with Gasteiger partial charge in [0.05, 0.1) is 17.1 Å². The fraction of sp³-hybridized carbons (Fsp3) is 0.300. The van der Waals surface area contributed by atoms with Crippen LogP contribution in [-0.4, -0.2) is 36.8 Å². The van der Waals surface area contributed by atoms with Crippen molar-refractivity contribution < 1.29 is 4.68 Å². The van der Waals surface area contributed by atoms with Crippen LogP contribution in [0.1, 0.15) is 0 Å². The van der Waals surface area contributed by atoms with Crippen LogP contribution in [0, 0.1) is 0 Å². The maximum atomic E-state index is 6.01. The van der Waals surface area contributed by atoms with Crippen LogP contribution < -0.4 is 11.1 Å². The van der Waals surface area contributed by atoms with Gasteiger partial charge in [0.2, 0.25) is 0 Å². The number of nitrogens with one attached hydrogen (secondary N) is 1. The molecular formula is C10H15Cl2N4+. The average Bonchev–Trinajstić information content (AvgIpc) is 2.22. The standard InChI is InChI=1S/C10H14Cl2N4/c1-15(2)16(3)10(13)14-9-7(11)5-4-6-8(9)12/h4-6H,1-3H3,(H2,13,14)/p+1. The highest BCUT2D eigenvalue weighted by Crippen LogP contribution is 2.29. The van der Waals surface area contributed by atoms with Crippen LogP contribution in [0.2, 0.25) is 10.0 Å². The number of halogens is 2. The first-order chi connectivity index (χ1) is 7.43. The zero-order valence-electron chi connectivity index (χ0n) is 9.46. The molecule has 1 aromatic rings. The molecule has 6 heteroatoms. The molecule has 1 aromatic carbocycles. The van der Waals surface area contributed by atoms with E-state index in [9.17, 15) is 0 Å². The van der Waals surface area contributed by atoms with E-state index < -0.39 is 0 Å². The Morgan fingerprint density at radius 1 is 1.31 bits per heavy atom. The zero-order chi connectivity index (χ0) is 12.3. The van der Waals surface area contributed by atoms with Crippen molar-refractivity contribution in [3.8, 4) is 0 Å². The number of hydrogen-bond donors (Lipinski definition) is 2. The van der Waals surface area contributed by atoms with Crippen molar-refractivity contribution in [3.63, 3.8) is 0 Å². The van der Waals surface area contributed by atoms with Crippen molar-refractivity contribution >= 4 is 34.8 Å². The lowest BCUT2D eigenvalue weighted by Gasteiger charge is -2.14. The van der Waals surface area contributed by atoms with Crippen molar-refractivity contribution in [3.05, 3.63) is 28.2 Å². The molecule has 0 aliphatic heterocycles. The molecular weight excluding hydrogens is 247 g/mol. The molecule has 0 fully saturated rings. The summed E-state index contributed by atoms with van der Waals surface area (Å²) in [5.41, 5.74) is 6.47. The van der Waals surface area contributed by atoms with Crippen molar-refractivity contribution in [1.29, 1.82) is 0 Å². The Kier molecular flexibility index (Phi) is 4.26. The van der Waals surface area contributed by atoms with Crippen molar-refractivity contribution in [2.45, 2.75) is 0 Å². The first kappa shape index (κ1) is 12.9. The summed E-state index contributed by atoms with van der Waals surface area (Å²) in [7, 11) is 5.58. The molecule has 0 radical (unpaired) electrons. The highest BCUT2D eigenvalue weighted by molar-refractivity contribution is 6.39. The number of nitrogens with zero attached hydrogens (tertiary/aromatic N) is 2. The van der Waals surface area contributed by atoms with E-state index in [-0.39, 0.29) is 0 Å². The molecule has 0 heterocycles. The van der Waals surface area contributed by atoms with Crippen molar-refractivity contribution in [1.82, 2.24) is 5.01 Å². The molecule has 88 valence electrons. The molecule has 0 spiro atoms. The number of para-hydroxylation sites is 1. The van der Waals surface area contributed by atoms with Crippen LogP contribution in [0.15, 0.2) is 18.2 Å². The van der Waals surface area contributed by atoms with Crippen LogP contribution in [0.25, 0.3) is 0 Å². The summed E-state index contributed by atoms with van der Waals surface area (Å²) >= 11 is 12.0. The quantitative estimate of drug-likeness (QED) is 0.370. The van der Waals surface area contributed by atoms with E-state index in [1.54, 1.807) is 22.9 Å². The Labute approximate surface area is 105 Å². The van der Waals surface area contributed by atoms with Crippen LogP contribution in [0.5, 0.6) is 0 Å². The summed E-state index contributed by atoms with van der Waals surface area (Å²) in [5, 5.41) is 5.86. The van der Waals surface area contributed by atoms with Gasteiger partial charge in [0, 0.05) is 14.1 Å². The molecule has 0 aliphatic rings. The van der Waals surface area contributed by atoms with Gasteiger partial charge in [-0.05, 0) is 12.1 Å². The third-order valence-electron chi connectivity index (χ3n) is 2.16. The second-order valence-electron chi connectivity index (χ2n) is 3.48. The summed E-state index contributed by atoms with van der Waals surface area (Å²) in [6.07, 6.45) is 0. The lowest BCUT2D eigenvalue weighted by atomic mass is 10.3. The topological polar surface area (TPSA) is 44.3 Å². The third-order valence-corrected chi connectivity index (χ3v) is 2.79. The monoisotopic (exact) mass is 261 g/mol. The number of benzene rings is 1. The van der Waals surface area contributed by atoms with Gasteiger partial charge >= 0.3 is 5.96 Å². The van der Waals surface area contributed by atoms with Gasteiger partial charge in [0.25, 0.3) is 0 Å². The number of anilines is 1. The number of nitrogens with two attached hydrogens (primary N) is 1. The van der Waals surface area contributed by atoms with Crippen LogP contribution in [0.4, 0.5) is 5.69 Å². The largest absolute Gasteiger partial charge is 0.370 e. The minimum Gasteiger partial charge on any atom is -0.289 e. The lowest BCUT2D eigenvalue weighted by Crippen LogP contribution is -2.39. The molecule has 3 N–H and O–H groups in total. The smallest absolute Gasteiger partial charge is 0.289 e. The molecule has 16 heavy (non-hydrogen) atoms. The minimum atomic E-state index is 0.444. The second-order valence-corrected chi connectivity index (χ2v) is 4.29. The van der Waals surface area contributed by atoms with E-state index in [4.69, 9.17) is 28.9 Å². The third kappa shape index (κ3) is 2.93. The van der Waals surface area contributed by atoms with Gasteiger partial charge in [-0.15, -0.1) is 0 Å². The van der Waals surface area contributed by atoms with Crippen LogP contribution >= 0.6 is 23.2 Å². The molecule has 0 unspecified atom stereocenters. The zero-order valence-corrected chi connectivity index (χ0v) is 11.0. The predicted molar refractivity (Wildman–Crippen MR) is 69.2 cm³/mol. The van der Waals surface area contributed by atoms with Crippen molar-refractivity contribution in [2.24, 2.45) is 5.73 Å². The number of rotatable bonds is 2. The molecule has 0 aromatic heterocycles. The fourth-order valence-electron chi connectivity index (χ4n) is 1.04. The number of hydrogen-bond acceptors (Lipinski definition) is 1. The first-order valence-corrected chi connectivity index (χ1v) is 5.43. The summed E-state index contributed by atoms with van der Waals surface area (Å²) in [6, 6.07) is 5.28. The maximum Gasteiger partial charge on any atom is 0.370 e. The van der Waals surface area contributed by atoms with E-state index in [1.807, 2.05) is 26.2 Å². The molecule has 4 nitrogen and oxygen atoms in total. The van der Waals surface area contributed by atoms with Crippen LogP contribution in [0.3, 0.4) is 0 Å². The highest BCUT2D eigenvalue weighted by atomic mass is 35.5. The Morgan fingerprint density at radius 2 is 1.81 bits per heavy atom. The maximum absolute atomic E-state index is 6.01. The summed E-state index contributed by atoms with van der Waals surface area (Å²) in [5.74, 6) is 0.444. The summed E-state index contributed by atoms with van der Waals surface area (Å²) in [4.78, 5) is 0. The SMILES string of the molecule is CN(C)[N+](C)=C(N)Nc1c(Cl)cccc1Cl. The van der Waals surface area contributed by atoms with E-state index in [0.29, 0.717) is 21.7 Å². The average molecular weight is 262 g/mol. The van der Waals surface area contributed by atoms with Gasteiger partial charge in [-0.25, -0.2) is 5.32 Å².